The van der Waals surface area contributed by atoms with Crippen LogP contribution in [0.3, 0.4) is 0 Å². The summed E-state index contributed by atoms with van der Waals surface area (Å²) in [5.74, 6) is 1.83. The van der Waals surface area contributed by atoms with Crippen molar-refractivity contribution in [1.29, 1.82) is 0 Å². The summed E-state index contributed by atoms with van der Waals surface area (Å²) < 4.78 is 46.7. The van der Waals surface area contributed by atoms with Crippen molar-refractivity contribution >= 4 is 46.9 Å². The first kappa shape index (κ1) is 46.0. The Morgan fingerprint density at radius 3 is 1.73 bits per heavy atom. The zero-order valence-corrected chi connectivity index (χ0v) is 36.3. The molecule has 0 spiro atoms. The highest BCUT2D eigenvalue weighted by Gasteiger charge is 2.24. The first-order chi connectivity index (χ1) is 32.6. The topological polar surface area (TPSA) is 237 Å². The number of fused-ring (bicyclic) bond motifs is 4. The maximum absolute atomic E-state index is 14.5. The number of carbonyl (C=O) groups is 1. The Labute approximate surface area is 379 Å². The Bertz CT molecular complexity index is 3260. The number of nitrogens with zero attached hydrogens (tertiary/aromatic N) is 12. The summed E-state index contributed by atoms with van der Waals surface area (Å²) in [7, 11) is 6.58. The number of halogens is 2. The molecule has 1 amide bonds. The van der Waals surface area contributed by atoms with Crippen LogP contribution in [0.4, 0.5) is 32.3 Å². The van der Waals surface area contributed by atoms with Crippen molar-refractivity contribution in [3.05, 3.63) is 130 Å². The van der Waals surface area contributed by atoms with Gasteiger partial charge in [-0.2, -0.15) is 19.8 Å². The van der Waals surface area contributed by atoms with Crippen molar-refractivity contribution in [2.45, 2.75) is 25.9 Å². The number of nitrogens with two attached hydrogens (primary N) is 1. The van der Waals surface area contributed by atoms with Crippen LogP contribution in [0.2, 0.25) is 0 Å². The number of benzene rings is 2. The van der Waals surface area contributed by atoms with E-state index < -0.39 is 0 Å². The number of hydrogen-bond donors (Lipinski definition) is 4. The number of carbonyl (C=O) groups excluding carboxylic acids is 3. The summed E-state index contributed by atoms with van der Waals surface area (Å²) in [4.78, 5) is 52.9. The van der Waals surface area contributed by atoms with Gasteiger partial charge in [0.25, 0.3) is 17.5 Å². The van der Waals surface area contributed by atoms with Crippen molar-refractivity contribution in [3.63, 3.8) is 0 Å². The third kappa shape index (κ3) is 9.17. The maximum atomic E-state index is 14.5. The molecule has 0 saturated carbocycles. The second-order valence-electron chi connectivity index (χ2n) is 14.3. The van der Waals surface area contributed by atoms with Gasteiger partial charge in [-0.3, -0.25) is 23.0 Å². The predicted octanol–water partition coefficient (Wildman–Crippen LogP) is 5.08. The number of amides is 1. The van der Waals surface area contributed by atoms with Gasteiger partial charge >= 0.3 is 6.15 Å². The summed E-state index contributed by atoms with van der Waals surface area (Å²) in [5.41, 5.74) is 11.4. The van der Waals surface area contributed by atoms with Gasteiger partial charge in [-0.05, 0) is 43.4 Å². The highest BCUT2D eigenvalue weighted by molar-refractivity contribution is 5.94. The molecule has 21 nitrogen and oxygen atoms in total. The Kier molecular flexibility index (Phi) is 13.9. The summed E-state index contributed by atoms with van der Waals surface area (Å²) in [6.45, 7) is 16.2. The quantitative estimate of drug-likeness (QED) is 0.138. The minimum absolute atomic E-state index is 0.182. The number of aromatic nitrogens is 10. The molecule has 2 aliphatic heterocycles. The normalized spacial score (nSPS) is 11.7. The maximum Gasteiger partial charge on any atom is 0.373 e. The van der Waals surface area contributed by atoms with Crippen molar-refractivity contribution < 1.29 is 32.6 Å². The van der Waals surface area contributed by atoms with E-state index >= 15 is 0 Å². The minimum atomic E-state index is -0.316. The fraction of sp³-hybridized carbons (Fsp3) is 0.227. The average molecular weight is 911 g/mol. The number of aryl methyl sites for hydroxylation is 2. The predicted molar refractivity (Wildman–Crippen MR) is 237 cm³/mol. The molecule has 0 unspecified atom stereocenters. The molecule has 8 aromatic rings. The zero-order chi connectivity index (χ0) is 47.8. The van der Waals surface area contributed by atoms with Crippen LogP contribution in [0.15, 0.2) is 67.4 Å². The largest absolute Gasteiger partial charge is 0.493 e. The van der Waals surface area contributed by atoms with Gasteiger partial charge in [-0.15, -0.1) is 0 Å². The fourth-order valence-corrected chi connectivity index (χ4v) is 7.60. The van der Waals surface area contributed by atoms with Gasteiger partial charge in [-0.1, -0.05) is 23.1 Å². The van der Waals surface area contributed by atoms with Crippen LogP contribution in [0.25, 0.3) is 43.5 Å². The number of hydrogen-bond acceptors (Lipinski definition) is 14. The van der Waals surface area contributed by atoms with Gasteiger partial charge in [0, 0.05) is 100 Å². The monoisotopic (exact) mass is 910 g/mol. The molecule has 0 aliphatic carbocycles. The van der Waals surface area contributed by atoms with Crippen LogP contribution < -0.4 is 31.2 Å². The number of nitrogens with one attached hydrogen (secondary N) is 3. The van der Waals surface area contributed by atoms with Crippen molar-refractivity contribution in [1.82, 2.24) is 53.6 Å². The van der Waals surface area contributed by atoms with Gasteiger partial charge in [0.15, 0.2) is 5.69 Å². The van der Waals surface area contributed by atoms with Gasteiger partial charge in [-0.25, -0.2) is 18.7 Å². The molecule has 0 saturated heterocycles. The van der Waals surface area contributed by atoms with Crippen LogP contribution in [-0.4, -0.2) is 87.7 Å². The Balaban J connectivity index is 0.000000183. The zero-order valence-electron chi connectivity index (χ0n) is 36.3. The molecule has 2 aliphatic rings. The second kappa shape index (κ2) is 20.2. The number of imidazole rings is 2. The molecular weight excluding hydrogens is 871 g/mol. The lowest BCUT2D eigenvalue weighted by atomic mass is 10.0. The fourth-order valence-electron chi connectivity index (χ4n) is 7.60. The molecule has 23 heteroatoms. The van der Waals surface area contributed by atoms with Gasteiger partial charge < -0.3 is 40.8 Å². The number of ether oxygens (including phenoxy) is 2. The molecule has 0 atom stereocenters. The van der Waals surface area contributed by atoms with E-state index in [1.165, 1.54) is 26.2 Å². The third-order valence-electron chi connectivity index (χ3n) is 10.6. The van der Waals surface area contributed by atoms with E-state index in [1.54, 1.807) is 74.4 Å². The van der Waals surface area contributed by atoms with Crippen molar-refractivity contribution in [2.24, 2.45) is 19.8 Å². The Morgan fingerprint density at radius 2 is 1.28 bits per heavy atom. The Hall–Kier alpha value is -9.05. The lowest BCUT2D eigenvalue weighted by Gasteiger charge is -2.12. The van der Waals surface area contributed by atoms with E-state index in [1.807, 2.05) is 13.1 Å². The van der Waals surface area contributed by atoms with Gasteiger partial charge in [0.05, 0.1) is 35.7 Å². The summed E-state index contributed by atoms with van der Waals surface area (Å²) in [6, 6.07) is 9.62. The molecule has 0 fully saturated rings. The summed E-state index contributed by atoms with van der Waals surface area (Å²) in [6.07, 6.45) is 9.73. The van der Waals surface area contributed by atoms with Crippen LogP contribution in [0, 0.1) is 24.8 Å². The molecular formula is C44H40F2N16O5. The second-order valence-corrected chi connectivity index (χ2v) is 14.3. The molecule has 10 rings (SSSR count). The molecule has 340 valence electrons. The third-order valence-corrected chi connectivity index (χ3v) is 10.6. The van der Waals surface area contributed by atoms with E-state index in [0.29, 0.717) is 77.4 Å². The highest BCUT2D eigenvalue weighted by atomic mass is 19.1. The van der Waals surface area contributed by atoms with E-state index in [0.717, 1.165) is 28.1 Å². The smallest absolute Gasteiger partial charge is 0.373 e. The molecule has 0 bridgehead atoms. The van der Waals surface area contributed by atoms with Crippen LogP contribution in [0.1, 0.15) is 32.7 Å². The Morgan fingerprint density at radius 1 is 0.791 bits per heavy atom. The van der Waals surface area contributed by atoms with Crippen LogP contribution in [0.5, 0.6) is 11.5 Å². The van der Waals surface area contributed by atoms with E-state index in [4.69, 9.17) is 32.2 Å². The first-order valence-corrected chi connectivity index (χ1v) is 20.2. The average Bonchev–Trinajstić information content (AvgIpc) is 4.22. The molecule has 5 N–H and O–H groups in total. The van der Waals surface area contributed by atoms with E-state index in [-0.39, 0.29) is 54.1 Å². The lowest BCUT2D eigenvalue weighted by molar-refractivity contribution is -0.191. The summed E-state index contributed by atoms with van der Waals surface area (Å²) >= 11 is 0. The molecule has 2 aromatic carbocycles. The lowest BCUT2D eigenvalue weighted by Crippen LogP contribution is -2.18. The summed E-state index contributed by atoms with van der Waals surface area (Å²) in [5, 5.41) is 17.3. The number of anilines is 2. The van der Waals surface area contributed by atoms with Gasteiger partial charge in [0.1, 0.15) is 23.1 Å². The highest BCUT2D eigenvalue weighted by Crippen LogP contribution is 2.34. The van der Waals surface area contributed by atoms with Crippen LogP contribution in [-0.2, 0) is 49.6 Å². The molecule has 6 aromatic heterocycles. The standard InChI is InChI=1S/C22H19FN8O2.C20H16FN7O.CH5N.CO2/c1-24-19-11-31-20(28-19)14(17-8-16(21(32)25-2)29-30(17)3)10-27-22(31)26-9-13-12-6-7-33-18(12)5-4-15(13)23;1-22-18-11-28-19(26-18)14(16-5-7-25-27(16)2)10-24-20(28)23-9-13-12-6-8-29-17(12)4-3-15(13)21;1-2;2-1-3/h4-5,8,10-11H,6-7,9H2,2-3H3,(H,25,32)(H,26,27);3-5,7,10-11H,6,8-9H2,2H3,(H,23,24);2H2,1H3;. The van der Waals surface area contributed by atoms with E-state index in [9.17, 15) is 13.6 Å². The molecule has 8 heterocycles. The first-order valence-electron chi connectivity index (χ1n) is 20.2. The minimum Gasteiger partial charge on any atom is -0.493 e. The van der Waals surface area contributed by atoms with Crippen molar-refractivity contribution in [2.75, 3.05) is 37.9 Å². The van der Waals surface area contributed by atoms with E-state index in [2.05, 4.69) is 61.5 Å². The van der Waals surface area contributed by atoms with Gasteiger partial charge in [0.2, 0.25) is 23.2 Å². The van der Waals surface area contributed by atoms with Crippen molar-refractivity contribution in [3.8, 4) is 34.0 Å². The SMILES string of the molecule is CN.O=C=O.[C-]#[N+]c1cn2c(NCc3c(F)ccc4c3CCO4)ncc(-c3cc(C(=O)NC)nn3C)c2n1.[C-]#[N+]c1cn2c(NCc3c(F)ccc4c3CCO4)ncc(-c3ccnn3C)c2n1. The molecule has 67 heavy (non-hydrogen) atoms. The van der Waals surface area contributed by atoms with Crippen LogP contribution >= 0.6 is 0 Å². The number of rotatable bonds is 9. The molecule has 0 radical (unpaired) electrons.